The summed E-state index contributed by atoms with van der Waals surface area (Å²) in [5, 5.41) is 20.2. The summed E-state index contributed by atoms with van der Waals surface area (Å²) in [6.07, 6.45) is 2.04. The lowest BCUT2D eigenvalue weighted by Crippen LogP contribution is -1.99. The number of benzene rings is 1. The van der Waals surface area contributed by atoms with E-state index in [0.29, 0.717) is 6.04 Å². The van der Waals surface area contributed by atoms with Crippen LogP contribution >= 0.6 is 0 Å². The molecule has 0 amide bonds. The molecular weight excluding hydrogens is 214 g/mol. The molecule has 0 saturated carbocycles. The number of nitrogens with zero attached hydrogens (tertiary/aromatic N) is 1. The maximum absolute atomic E-state index is 10.00. The Morgan fingerprint density at radius 2 is 1.94 bits per heavy atom. The van der Waals surface area contributed by atoms with Crippen molar-refractivity contribution in [1.82, 2.24) is 4.57 Å². The van der Waals surface area contributed by atoms with Crippen LogP contribution in [-0.4, -0.2) is 21.4 Å². The second-order valence-corrected chi connectivity index (χ2v) is 4.84. The van der Waals surface area contributed by atoms with E-state index in [9.17, 15) is 10.2 Å². The first-order valence-corrected chi connectivity index (χ1v) is 5.99. The van der Waals surface area contributed by atoms with Crippen LogP contribution < -0.4 is 0 Å². The summed E-state index contributed by atoms with van der Waals surface area (Å²) in [6, 6.07) is 5.88. The molecule has 0 fully saturated rings. The number of fused-ring (bicyclic) bond motifs is 1. The first-order chi connectivity index (χ1) is 8.06. The number of hydrogen-bond acceptors (Lipinski definition) is 2. The molecule has 1 aromatic carbocycles. The van der Waals surface area contributed by atoms with Crippen LogP contribution in [0.15, 0.2) is 24.4 Å². The summed E-state index contributed by atoms with van der Waals surface area (Å²) in [5.74, 6) is 0.322. The highest BCUT2D eigenvalue weighted by atomic mass is 16.3. The minimum atomic E-state index is 0.0331. The van der Waals surface area contributed by atoms with E-state index >= 15 is 0 Å². The third kappa shape index (κ3) is 1.91. The van der Waals surface area contributed by atoms with E-state index in [1.807, 2.05) is 25.3 Å². The van der Waals surface area contributed by atoms with E-state index < -0.39 is 0 Å². The van der Waals surface area contributed by atoms with E-state index in [2.05, 4.69) is 18.4 Å². The van der Waals surface area contributed by atoms with E-state index in [1.54, 1.807) is 6.07 Å². The molecule has 1 heterocycles. The number of aromatic hydroxyl groups is 1. The number of phenols is 1. The van der Waals surface area contributed by atoms with Crippen LogP contribution in [0.25, 0.3) is 10.9 Å². The fraction of sp³-hybridized carbons (Fsp3) is 0.429. The van der Waals surface area contributed by atoms with Gasteiger partial charge in [-0.25, -0.2) is 0 Å². The SMILES string of the molecule is CC(CO)c1cn(C(C)C)c2cccc(O)c12. The first kappa shape index (κ1) is 12.0. The number of phenolic OH excluding ortho intramolecular Hbond substituents is 1. The second-order valence-electron chi connectivity index (χ2n) is 4.84. The Morgan fingerprint density at radius 3 is 2.53 bits per heavy atom. The average Bonchev–Trinajstić information content (AvgIpc) is 2.69. The van der Waals surface area contributed by atoms with Gasteiger partial charge in [-0.1, -0.05) is 13.0 Å². The molecule has 2 rings (SSSR count). The molecule has 2 aromatic rings. The summed E-state index contributed by atoms with van der Waals surface area (Å²) in [4.78, 5) is 0. The lowest BCUT2D eigenvalue weighted by molar-refractivity contribution is 0.273. The predicted octanol–water partition coefficient (Wildman–Crippen LogP) is 3.02. The third-order valence-electron chi connectivity index (χ3n) is 3.23. The summed E-state index contributed by atoms with van der Waals surface area (Å²) in [5.41, 5.74) is 2.03. The molecule has 92 valence electrons. The minimum absolute atomic E-state index is 0.0331. The van der Waals surface area contributed by atoms with Crippen LogP contribution in [0.3, 0.4) is 0 Å². The molecule has 0 aliphatic rings. The zero-order chi connectivity index (χ0) is 12.6. The molecule has 0 aliphatic heterocycles. The van der Waals surface area contributed by atoms with E-state index in [-0.39, 0.29) is 18.3 Å². The van der Waals surface area contributed by atoms with Crippen molar-refractivity contribution in [3.8, 4) is 5.75 Å². The Kier molecular flexibility index (Phi) is 3.11. The Balaban J connectivity index is 2.76. The number of aliphatic hydroxyl groups is 1. The Hall–Kier alpha value is -1.48. The van der Waals surface area contributed by atoms with Crippen molar-refractivity contribution in [2.24, 2.45) is 0 Å². The zero-order valence-corrected chi connectivity index (χ0v) is 10.5. The Bertz CT molecular complexity index is 528. The van der Waals surface area contributed by atoms with Crippen LogP contribution in [0.5, 0.6) is 5.75 Å². The molecule has 1 unspecified atom stereocenters. The predicted molar refractivity (Wildman–Crippen MR) is 69.5 cm³/mol. The van der Waals surface area contributed by atoms with Crippen LogP contribution in [0.1, 0.15) is 38.3 Å². The molecule has 0 spiro atoms. The lowest BCUT2D eigenvalue weighted by atomic mass is 10.0. The van der Waals surface area contributed by atoms with Crippen molar-refractivity contribution < 1.29 is 10.2 Å². The standard InChI is InChI=1S/C14H19NO2/c1-9(2)15-7-11(10(3)8-16)14-12(15)5-4-6-13(14)17/h4-7,9-10,16-17H,8H2,1-3H3. The number of aromatic nitrogens is 1. The molecule has 3 heteroatoms. The van der Waals surface area contributed by atoms with Crippen molar-refractivity contribution in [2.45, 2.75) is 32.7 Å². The number of hydrogen-bond donors (Lipinski definition) is 2. The largest absolute Gasteiger partial charge is 0.507 e. The second kappa shape index (κ2) is 4.41. The van der Waals surface area contributed by atoms with Gasteiger partial charge < -0.3 is 14.8 Å². The van der Waals surface area contributed by atoms with Crippen LogP contribution in [0.4, 0.5) is 0 Å². The monoisotopic (exact) mass is 233 g/mol. The summed E-state index contributed by atoms with van der Waals surface area (Å²) in [7, 11) is 0. The summed E-state index contributed by atoms with van der Waals surface area (Å²) in [6.45, 7) is 6.27. The van der Waals surface area contributed by atoms with Gasteiger partial charge in [0.15, 0.2) is 0 Å². The lowest BCUT2D eigenvalue weighted by Gasteiger charge is -2.08. The van der Waals surface area contributed by atoms with Crippen LogP contribution in [-0.2, 0) is 0 Å². The van der Waals surface area contributed by atoms with Gasteiger partial charge in [0.25, 0.3) is 0 Å². The average molecular weight is 233 g/mol. The van der Waals surface area contributed by atoms with Gasteiger partial charge in [0.2, 0.25) is 0 Å². The van der Waals surface area contributed by atoms with Gasteiger partial charge in [-0.15, -0.1) is 0 Å². The van der Waals surface area contributed by atoms with Gasteiger partial charge in [0.05, 0.1) is 5.52 Å². The molecule has 0 bridgehead atoms. The fourth-order valence-corrected chi connectivity index (χ4v) is 2.22. The van der Waals surface area contributed by atoms with Crippen molar-refractivity contribution in [1.29, 1.82) is 0 Å². The van der Waals surface area contributed by atoms with Gasteiger partial charge in [-0.2, -0.15) is 0 Å². The number of aliphatic hydroxyl groups excluding tert-OH is 1. The molecule has 3 nitrogen and oxygen atoms in total. The quantitative estimate of drug-likeness (QED) is 0.856. The van der Waals surface area contributed by atoms with E-state index in [4.69, 9.17) is 0 Å². The Morgan fingerprint density at radius 1 is 1.24 bits per heavy atom. The number of rotatable bonds is 3. The minimum Gasteiger partial charge on any atom is -0.507 e. The molecule has 1 aromatic heterocycles. The van der Waals surface area contributed by atoms with E-state index in [1.165, 1.54) is 0 Å². The maximum Gasteiger partial charge on any atom is 0.125 e. The molecule has 0 saturated heterocycles. The summed E-state index contributed by atoms with van der Waals surface area (Å²) >= 11 is 0. The van der Waals surface area contributed by atoms with E-state index in [0.717, 1.165) is 16.5 Å². The highest BCUT2D eigenvalue weighted by molar-refractivity contribution is 5.90. The summed E-state index contributed by atoms with van der Waals surface area (Å²) < 4.78 is 2.14. The Labute approximate surface area is 101 Å². The molecule has 0 radical (unpaired) electrons. The molecule has 2 N–H and O–H groups in total. The molecule has 0 aliphatic carbocycles. The molecule has 17 heavy (non-hydrogen) atoms. The maximum atomic E-state index is 10.00. The zero-order valence-electron chi connectivity index (χ0n) is 10.5. The fourth-order valence-electron chi connectivity index (χ4n) is 2.22. The topological polar surface area (TPSA) is 45.4 Å². The van der Waals surface area contributed by atoms with Gasteiger partial charge >= 0.3 is 0 Å². The van der Waals surface area contributed by atoms with Crippen molar-refractivity contribution in [2.75, 3.05) is 6.61 Å². The highest BCUT2D eigenvalue weighted by Crippen LogP contribution is 2.35. The smallest absolute Gasteiger partial charge is 0.125 e. The highest BCUT2D eigenvalue weighted by Gasteiger charge is 2.17. The van der Waals surface area contributed by atoms with Gasteiger partial charge in [0.1, 0.15) is 5.75 Å². The normalized spacial score (nSPS) is 13.5. The van der Waals surface area contributed by atoms with Crippen molar-refractivity contribution in [3.05, 3.63) is 30.0 Å². The first-order valence-electron chi connectivity index (χ1n) is 5.99. The molecular formula is C14H19NO2. The molecule has 1 atom stereocenters. The third-order valence-corrected chi connectivity index (χ3v) is 3.23. The van der Waals surface area contributed by atoms with Crippen molar-refractivity contribution in [3.63, 3.8) is 0 Å². The van der Waals surface area contributed by atoms with Crippen molar-refractivity contribution >= 4 is 10.9 Å². The van der Waals surface area contributed by atoms with Gasteiger partial charge in [-0.3, -0.25) is 0 Å². The van der Waals surface area contributed by atoms with Gasteiger partial charge in [-0.05, 0) is 31.5 Å². The van der Waals surface area contributed by atoms with Gasteiger partial charge in [0, 0.05) is 30.1 Å². The van der Waals surface area contributed by atoms with Crippen LogP contribution in [0, 0.1) is 0 Å². The van der Waals surface area contributed by atoms with Crippen LogP contribution in [0.2, 0.25) is 0 Å².